The van der Waals surface area contributed by atoms with Gasteiger partial charge in [-0.1, -0.05) is 18.2 Å². The van der Waals surface area contributed by atoms with E-state index in [4.69, 9.17) is 0 Å². The summed E-state index contributed by atoms with van der Waals surface area (Å²) < 4.78 is 39.1. The minimum atomic E-state index is -4.46. The van der Waals surface area contributed by atoms with Crippen LogP contribution in [0.25, 0.3) is 0 Å². The standard InChI is InChI=1S/C20H21F3N2O/c21-20(22,23)16-8-14(9-18(26)10-16)11-24-12-15-4-1-2-6-19(15)25-7-3-5-17(25)13-24/h1-2,4,6,8-10,17,26H,3,5,7,11-13H2/t17-/m1/s1. The Morgan fingerprint density at radius 3 is 2.73 bits per heavy atom. The third-order valence-electron chi connectivity index (χ3n) is 5.25. The van der Waals surface area contributed by atoms with Crippen LogP contribution in [-0.4, -0.2) is 29.1 Å². The Bertz CT molecular complexity index is 806. The van der Waals surface area contributed by atoms with Crippen LogP contribution in [0, 0.1) is 0 Å². The van der Waals surface area contributed by atoms with Crippen LogP contribution in [0.1, 0.15) is 29.5 Å². The average Bonchev–Trinajstić information content (AvgIpc) is 2.96. The van der Waals surface area contributed by atoms with Gasteiger partial charge in [-0.3, -0.25) is 4.90 Å². The van der Waals surface area contributed by atoms with Gasteiger partial charge in [0.05, 0.1) is 5.56 Å². The summed E-state index contributed by atoms with van der Waals surface area (Å²) >= 11 is 0. The van der Waals surface area contributed by atoms with Crippen molar-refractivity contribution in [2.75, 3.05) is 18.0 Å². The van der Waals surface area contributed by atoms with Crippen molar-refractivity contribution in [2.24, 2.45) is 0 Å². The Morgan fingerprint density at radius 1 is 1.12 bits per heavy atom. The van der Waals surface area contributed by atoms with E-state index in [-0.39, 0.29) is 5.75 Å². The monoisotopic (exact) mass is 362 g/mol. The maximum Gasteiger partial charge on any atom is 0.416 e. The molecule has 0 bridgehead atoms. The van der Waals surface area contributed by atoms with Gasteiger partial charge in [-0.15, -0.1) is 0 Å². The fraction of sp³-hybridized carbons (Fsp3) is 0.400. The summed E-state index contributed by atoms with van der Waals surface area (Å²) in [5, 5.41) is 9.72. The fourth-order valence-electron chi connectivity index (χ4n) is 4.18. The summed E-state index contributed by atoms with van der Waals surface area (Å²) in [6.45, 7) is 2.92. The minimum absolute atomic E-state index is 0.340. The highest BCUT2D eigenvalue weighted by Gasteiger charge is 2.33. The van der Waals surface area contributed by atoms with Crippen molar-refractivity contribution in [2.45, 2.75) is 38.1 Å². The van der Waals surface area contributed by atoms with Crippen molar-refractivity contribution in [1.29, 1.82) is 0 Å². The molecule has 2 aliphatic rings. The SMILES string of the molecule is Oc1cc(CN2Cc3ccccc3N3CCC[C@@H]3C2)cc(C(F)(F)F)c1. The second kappa shape index (κ2) is 6.50. The summed E-state index contributed by atoms with van der Waals surface area (Å²) in [7, 11) is 0. The fourth-order valence-corrected chi connectivity index (χ4v) is 4.18. The molecule has 1 N–H and O–H groups in total. The van der Waals surface area contributed by atoms with E-state index in [0.717, 1.165) is 38.1 Å². The van der Waals surface area contributed by atoms with Gasteiger partial charge in [0.25, 0.3) is 0 Å². The molecule has 1 fully saturated rings. The number of phenols is 1. The van der Waals surface area contributed by atoms with Crippen molar-refractivity contribution in [3.05, 3.63) is 59.2 Å². The van der Waals surface area contributed by atoms with Gasteiger partial charge >= 0.3 is 6.18 Å². The van der Waals surface area contributed by atoms with Crippen LogP contribution in [0.4, 0.5) is 18.9 Å². The Balaban J connectivity index is 1.62. The number of aromatic hydroxyl groups is 1. The molecule has 2 aromatic carbocycles. The number of nitrogens with zero attached hydrogens (tertiary/aromatic N) is 2. The molecular formula is C20H21F3N2O. The predicted molar refractivity (Wildman–Crippen MR) is 94.0 cm³/mol. The molecular weight excluding hydrogens is 341 g/mol. The lowest BCUT2D eigenvalue weighted by molar-refractivity contribution is -0.137. The molecule has 0 amide bonds. The van der Waals surface area contributed by atoms with Gasteiger partial charge in [0, 0.05) is 37.9 Å². The summed E-state index contributed by atoms with van der Waals surface area (Å²) in [6.07, 6.45) is -2.23. The molecule has 0 spiro atoms. The Kier molecular flexibility index (Phi) is 4.31. The Morgan fingerprint density at radius 2 is 1.92 bits per heavy atom. The van der Waals surface area contributed by atoms with Crippen LogP contribution in [-0.2, 0) is 19.3 Å². The van der Waals surface area contributed by atoms with Gasteiger partial charge in [0.2, 0.25) is 0 Å². The van der Waals surface area contributed by atoms with Gasteiger partial charge in [0.1, 0.15) is 5.75 Å². The average molecular weight is 362 g/mol. The van der Waals surface area contributed by atoms with Crippen LogP contribution in [0.5, 0.6) is 5.75 Å². The van der Waals surface area contributed by atoms with Gasteiger partial charge in [-0.05, 0) is 48.2 Å². The summed E-state index contributed by atoms with van der Waals surface area (Å²) in [4.78, 5) is 4.61. The molecule has 6 heteroatoms. The molecule has 2 heterocycles. The number of phenolic OH excluding ortho intramolecular Hbond substituents is 1. The number of alkyl halides is 3. The first-order chi connectivity index (χ1) is 12.4. The summed E-state index contributed by atoms with van der Waals surface area (Å²) in [5.41, 5.74) is 2.13. The number of fused-ring (bicyclic) bond motifs is 3. The van der Waals surface area contributed by atoms with Crippen LogP contribution in [0.2, 0.25) is 0 Å². The molecule has 2 aliphatic heterocycles. The highest BCUT2D eigenvalue weighted by Crippen LogP contribution is 2.35. The second-order valence-corrected chi connectivity index (χ2v) is 7.17. The van der Waals surface area contributed by atoms with Crippen LogP contribution < -0.4 is 4.90 Å². The molecule has 1 saturated heterocycles. The molecule has 4 rings (SSSR count). The Hall–Kier alpha value is -2.21. The largest absolute Gasteiger partial charge is 0.508 e. The van der Waals surface area contributed by atoms with E-state index in [9.17, 15) is 18.3 Å². The van der Waals surface area contributed by atoms with E-state index in [0.29, 0.717) is 24.7 Å². The van der Waals surface area contributed by atoms with E-state index in [1.807, 2.05) is 12.1 Å². The van der Waals surface area contributed by atoms with Crippen molar-refractivity contribution >= 4 is 5.69 Å². The lowest BCUT2D eigenvalue weighted by Gasteiger charge is -2.27. The smallest absolute Gasteiger partial charge is 0.416 e. The molecule has 1 atom stereocenters. The molecule has 0 aliphatic carbocycles. The normalized spacial score (nSPS) is 20.6. The number of anilines is 1. The maximum absolute atomic E-state index is 13.0. The molecule has 0 saturated carbocycles. The predicted octanol–water partition coefficient (Wildman–Crippen LogP) is 4.40. The molecule has 0 aromatic heterocycles. The third-order valence-corrected chi connectivity index (χ3v) is 5.25. The first kappa shape index (κ1) is 17.2. The van der Waals surface area contributed by atoms with Crippen molar-refractivity contribution < 1.29 is 18.3 Å². The highest BCUT2D eigenvalue weighted by molar-refractivity contribution is 5.56. The number of halogens is 3. The molecule has 0 radical (unpaired) electrons. The number of hydrogen-bond donors (Lipinski definition) is 1. The zero-order valence-electron chi connectivity index (χ0n) is 14.3. The summed E-state index contributed by atoms with van der Waals surface area (Å²) in [6, 6.07) is 12.0. The van der Waals surface area contributed by atoms with Crippen LogP contribution >= 0.6 is 0 Å². The third kappa shape index (κ3) is 3.38. The van der Waals surface area contributed by atoms with Crippen molar-refractivity contribution in [3.8, 4) is 5.75 Å². The quantitative estimate of drug-likeness (QED) is 0.858. The topological polar surface area (TPSA) is 26.7 Å². The molecule has 0 unspecified atom stereocenters. The minimum Gasteiger partial charge on any atom is -0.508 e. The molecule has 26 heavy (non-hydrogen) atoms. The zero-order valence-corrected chi connectivity index (χ0v) is 14.3. The van der Waals surface area contributed by atoms with Gasteiger partial charge in [-0.25, -0.2) is 0 Å². The van der Waals surface area contributed by atoms with E-state index in [2.05, 4.69) is 21.9 Å². The zero-order chi connectivity index (χ0) is 18.3. The van der Waals surface area contributed by atoms with Crippen LogP contribution in [0.3, 0.4) is 0 Å². The first-order valence-corrected chi connectivity index (χ1v) is 8.87. The lowest BCUT2D eigenvalue weighted by Crippen LogP contribution is -2.37. The van der Waals surface area contributed by atoms with Gasteiger partial charge in [0.15, 0.2) is 0 Å². The lowest BCUT2D eigenvalue weighted by atomic mass is 10.1. The molecule has 138 valence electrons. The van der Waals surface area contributed by atoms with E-state index >= 15 is 0 Å². The van der Waals surface area contributed by atoms with Gasteiger partial charge in [-0.2, -0.15) is 13.2 Å². The molecule has 2 aromatic rings. The molecule has 3 nitrogen and oxygen atoms in total. The highest BCUT2D eigenvalue weighted by atomic mass is 19.4. The first-order valence-electron chi connectivity index (χ1n) is 8.87. The number of benzene rings is 2. The van der Waals surface area contributed by atoms with Crippen LogP contribution in [0.15, 0.2) is 42.5 Å². The van der Waals surface area contributed by atoms with Crippen molar-refractivity contribution in [3.63, 3.8) is 0 Å². The van der Waals surface area contributed by atoms with E-state index in [1.165, 1.54) is 17.3 Å². The van der Waals surface area contributed by atoms with E-state index < -0.39 is 11.7 Å². The Labute approximate surface area is 150 Å². The number of hydrogen-bond acceptors (Lipinski definition) is 3. The van der Waals surface area contributed by atoms with Gasteiger partial charge < -0.3 is 10.0 Å². The second-order valence-electron chi connectivity index (χ2n) is 7.17. The summed E-state index contributed by atoms with van der Waals surface area (Å²) in [5.74, 6) is -0.340. The van der Waals surface area contributed by atoms with Crippen molar-refractivity contribution in [1.82, 2.24) is 4.90 Å². The number of para-hydroxylation sites is 1. The number of rotatable bonds is 2. The van der Waals surface area contributed by atoms with E-state index in [1.54, 1.807) is 0 Å². The maximum atomic E-state index is 13.0.